The van der Waals surface area contributed by atoms with E-state index in [2.05, 4.69) is 50.6 Å². The molecule has 124 valence electrons. The van der Waals surface area contributed by atoms with Gasteiger partial charge in [0.15, 0.2) is 0 Å². The summed E-state index contributed by atoms with van der Waals surface area (Å²) in [6.45, 7) is 0.847. The van der Waals surface area contributed by atoms with E-state index in [0.717, 1.165) is 40.8 Å². The average Bonchev–Trinajstić information content (AvgIpc) is 3.02. The molecular formula is C20H18N4O. The van der Waals surface area contributed by atoms with Crippen LogP contribution in [0.25, 0.3) is 22.2 Å². The van der Waals surface area contributed by atoms with E-state index >= 15 is 0 Å². The lowest BCUT2D eigenvalue weighted by Crippen LogP contribution is -2.05. The number of anilines is 1. The molecule has 0 saturated carbocycles. The molecule has 0 aliphatic heterocycles. The van der Waals surface area contributed by atoms with E-state index in [1.54, 1.807) is 0 Å². The maximum absolute atomic E-state index is 11.4. The Morgan fingerprint density at radius 3 is 2.60 bits per heavy atom. The summed E-state index contributed by atoms with van der Waals surface area (Å²) in [5.41, 5.74) is 5.72. The van der Waals surface area contributed by atoms with Crippen molar-refractivity contribution in [1.29, 1.82) is 0 Å². The van der Waals surface area contributed by atoms with Crippen molar-refractivity contribution >= 4 is 16.7 Å². The number of rotatable bonds is 5. The Bertz CT molecular complexity index is 1050. The second kappa shape index (κ2) is 6.65. The van der Waals surface area contributed by atoms with Crippen LogP contribution in [-0.4, -0.2) is 21.5 Å². The molecule has 0 spiro atoms. The van der Waals surface area contributed by atoms with Crippen molar-refractivity contribution in [1.82, 2.24) is 15.0 Å². The molecule has 3 N–H and O–H groups in total. The number of hydrogen-bond donors (Lipinski definition) is 3. The Hall–Kier alpha value is -3.34. The van der Waals surface area contributed by atoms with Gasteiger partial charge in [0.1, 0.15) is 0 Å². The molecular weight excluding hydrogens is 312 g/mol. The van der Waals surface area contributed by atoms with Crippen molar-refractivity contribution in [3.63, 3.8) is 0 Å². The standard InChI is InChI=1S/C20H18N4O/c25-20-23-18-7-6-15(11-19(18)24-20)16-10-17(13-21-12-16)22-9-8-14-4-2-1-3-5-14/h1-7,10-13,22H,8-9H2,(H2,23,24,25). The molecule has 0 amide bonds. The first kappa shape index (κ1) is 15.2. The van der Waals surface area contributed by atoms with Gasteiger partial charge in [-0.15, -0.1) is 0 Å². The van der Waals surface area contributed by atoms with Gasteiger partial charge >= 0.3 is 5.69 Å². The molecule has 5 nitrogen and oxygen atoms in total. The summed E-state index contributed by atoms with van der Waals surface area (Å²) in [7, 11) is 0. The summed E-state index contributed by atoms with van der Waals surface area (Å²) in [5.74, 6) is 0. The van der Waals surface area contributed by atoms with Crippen LogP contribution in [0.15, 0.2) is 71.8 Å². The number of benzene rings is 2. The first-order valence-electron chi connectivity index (χ1n) is 8.23. The summed E-state index contributed by atoms with van der Waals surface area (Å²) in [6, 6.07) is 18.3. The number of fused-ring (bicyclic) bond motifs is 1. The van der Waals surface area contributed by atoms with Gasteiger partial charge < -0.3 is 15.3 Å². The number of nitrogens with zero attached hydrogens (tertiary/aromatic N) is 1. The third-order valence-electron chi connectivity index (χ3n) is 4.17. The normalized spacial score (nSPS) is 10.9. The third-order valence-corrected chi connectivity index (χ3v) is 4.17. The summed E-state index contributed by atoms with van der Waals surface area (Å²) in [4.78, 5) is 21.3. The highest BCUT2D eigenvalue weighted by Gasteiger charge is 2.04. The maximum Gasteiger partial charge on any atom is 0.323 e. The number of aromatic amines is 2. The van der Waals surface area contributed by atoms with Crippen LogP contribution in [0, 0.1) is 0 Å². The first-order chi connectivity index (χ1) is 12.3. The number of imidazole rings is 1. The molecule has 4 aromatic rings. The largest absolute Gasteiger partial charge is 0.383 e. The molecule has 0 saturated heterocycles. The zero-order chi connectivity index (χ0) is 17.1. The van der Waals surface area contributed by atoms with E-state index < -0.39 is 0 Å². The van der Waals surface area contributed by atoms with E-state index in [9.17, 15) is 4.79 Å². The molecule has 25 heavy (non-hydrogen) atoms. The van der Waals surface area contributed by atoms with Crippen molar-refractivity contribution in [2.45, 2.75) is 6.42 Å². The summed E-state index contributed by atoms with van der Waals surface area (Å²) in [5, 5.41) is 3.42. The molecule has 0 unspecified atom stereocenters. The maximum atomic E-state index is 11.4. The second-order valence-electron chi connectivity index (χ2n) is 5.96. The van der Waals surface area contributed by atoms with Crippen molar-refractivity contribution in [2.24, 2.45) is 0 Å². The summed E-state index contributed by atoms with van der Waals surface area (Å²) in [6.07, 6.45) is 4.61. The van der Waals surface area contributed by atoms with Crippen LogP contribution >= 0.6 is 0 Å². The quantitative estimate of drug-likeness (QED) is 0.524. The van der Waals surface area contributed by atoms with Gasteiger partial charge in [0.05, 0.1) is 16.7 Å². The van der Waals surface area contributed by atoms with E-state index in [1.807, 2.05) is 36.7 Å². The number of nitrogens with one attached hydrogen (secondary N) is 3. The lowest BCUT2D eigenvalue weighted by molar-refractivity contribution is 1.02. The molecule has 2 aromatic heterocycles. The van der Waals surface area contributed by atoms with Crippen LogP contribution in [0.4, 0.5) is 5.69 Å². The summed E-state index contributed by atoms with van der Waals surface area (Å²) >= 11 is 0. The number of aromatic nitrogens is 3. The fourth-order valence-corrected chi connectivity index (χ4v) is 2.90. The lowest BCUT2D eigenvalue weighted by atomic mass is 10.1. The minimum atomic E-state index is -0.193. The minimum absolute atomic E-state index is 0.193. The van der Waals surface area contributed by atoms with Crippen LogP contribution in [0.3, 0.4) is 0 Å². The topological polar surface area (TPSA) is 73.6 Å². The molecule has 4 rings (SSSR count). The molecule has 2 aromatic carbocycles. The van der Waals surface area contributed by atoms with Crippen LogP contribution in [0.1, 0.15) is 5.56 Å². The van der Waals surface area contributed by atoms with Crippen molar-refractivity contribution in [3.8, 4) is 11.1 Å². The fourth-order valence-electron chi connectivity index (χ4n) is 2.90. The molecule has 0 radical (unpaired) electrons. The highest BCUT2D eigenvalue weighted by Crippen LogP contribution is 2.24. The monoisotopic (exact) mass is 330 g/mol. The Morgan fingerprint density at radius 2 is 1.72 bits per heavy atom. The minimum Gasteiger partial charge on any atom is -0.383 e. The SMILES string of the molecule is O=c1[nH]c2ccc(-c3cncc(NCCc4ccccc4)c3)cc2[nH]1. The van der Waals surface area contributed by atoms with Gasteiger partial charge in [0.2, 0.25) is 0 Å². The highest BCUT2D eigenvalue weighted by atomic mass is 16.1. The van der Waals surface area contributed by atoms with Gasteiger partial charge in [-0.1, -0.05) is 36.4 Å². The van der Waals surface area contributed by atoms with Gasteiger partial charge in [0, 0.05) is 24.5 Å². The van der Waals surface area contributed by atoms with Crippen molar-refractivity contribution in [2.75, 3.05) is 11.9 Å². The molecule has 0 bridgehead atoms. The second-order valence-corrected chi connectivity index (χ2v) is 5.96. The lowest BCUT2D eigenvalue weighted by Gasteiger charge is -2.08. The molecule has 0 fully saturated rings. The van der Waals surface area contributed by atoms with Crippen LogP contribution in [0.2, 0.25) is 0 Å². The summed E-state index contributed by atoms with van der Waals surface area (Å²) < 4.78 is 0. The highest BCUT2D eigenvalue weighted by molar-refractivity contribution is 5.81. The predicted molar refractivity (Wildman–Crippen MR) is 101 cm³/mol. The van der Waals surface area contributed by atoms with Gasteiger partial charge in [-0.05, 0) is 35.7 Å². The molecule has 5 heteroatoms. The molecule has 2 heterocycles. The van der Waals surface area contributed by atoms with E-state index in [1.165, 1.54) is 5.56 Å². The Labute approximate surface area is 144 Å². The van der Waals surface area contributed by atoms with E-state index in [-0.39, 0.29) is 5.69 Å². The van der Waals surface area contributed by atoms with Gasteiger partial charge in [-0.25, -0.2) is 4.79 Å². The van der Waals surface area contributed by atoms with Gasteiger partial charge in [-0.2, -0.15) is 0 Å². The first-order valence-corrected chi connectivity index (χ1v) is 8.23. The van der Waals surface area contributed by atoms with E-state index in [4.69, 9.17) is 0 Å². The van der Waals surface area contributed by atoms with Crippen LogP contribution < -0.4 is 11.0 Å². The average molecular weight is 330 g/mol. The number of H-pyrrole nitrogens is 2. The molecule has 0 aliphatic carbocycles. The smallest absolute Gasteiger partial charge is 0.323 e. The van der Waals surface area contributed by atoms with E-state index in [0.29, 0.717) is 0 Å². The molecule has 0 aliphatic rings. The van der Waals surface area contributed by atoms with Gasteiger partial charge in [-0.3, -0.25) is 4.98 Å². The Balaban J connectivity index is 1.51. The van der Waals surface area contributed by atoms with Gasteiger partial charge in [0.25, 0.3) is 0 Å². The zero-order valence-corrected chi connectivity index (χ0v) is 13.6. The number of hydrogen-bond acceptors (Lipinski definition) is 3. The predicted octanol–water partition coefficient (Wildman–Crippen LogP) is 3.57. The third kappa shape index (κ3) is 3.45. The number of pyridine rings is 1. The Kier molecular flexibility index (Phi) is 4.04. The fraction of sp³-hybridized carbons (Fsp3) is 0.100. The van der Waals surface area contributed by atoms with Crippen LogP contribution in [0.5, 0.6) is 0 Å². The zero-order valence-electron chi connectivity index (χ0n) is 13.6. The van der Waals surface area contributed by atoms with Crippen molar-refractivity contribution < 1.29 is 0 Å². The van der Waals surface area contributed by atoms with Crippen LogP contribution in [-0.2, 0) is 6.42 Å². The van der Waals surface area contributed by atoms with Crippen molar-refractivity contribution in [3.05, 3.63) is 83.0 Å². The Morgan fingerprint density at radius 1 is 0.880 bits per heavy atom. The molecule has 0 atom stereocenters.